The first-order valence-electron chi connectivity index (χ1n) is 9.75. The number of morpholine rings is 1. The lowest BCUT2D eigenvalue weighted by Crippen LogP contribution is -2.49. The van der Waals surface area contributed by atoms with Crippen LogP contribution in [0.15, 0.2) is 17.1 Å². The summed E-state index contributed by atoms with van der Waals surface area (Å²) in [6.45, 7) is 9.90. The summed E-state index contributed by atoms with van der Waals surface area (Å²) in [7, 11) is 4.87. The summed E-state index contributed by atoms with van der Waals surface area (Å²) in [5, 5.41) is 6.73. The molecule has 0 spiro atoms. The van der Waals surface area contributed by atoms with E-state index in [0.717, 1.165) is 56.7 Å². The topological polar surface area (TPSA) is 76.6 Å². The van der Waals surface area contributed by atoms with Crippen molar-refractivity contribution in [2.75, 3.05) is 60.7 Å². The molecule has 1 saturated heterocycles. The summed E-state index contributed by atoms with van der Waals surface area (Å²) in [5.41, 5.74) is 0.929. The van der Waals surface area contributed by atoms with Crippen molar-refractivity contribution < 1.29 is 18.9 Å². The molecule has 8 heteroatoms. The SMILES string of the molecule is CCNC(=NCc1cc(OC)c(OC)cc1OC)NCC(C)N1CCOCC1. The molecular weight excluding hydrogens is 360 g/mol. The van der Waals surface area contributed by atoms with Gasteiger partial charge in [-0.15, -0.1) is 0 Å². The fraction of sp³-hybridized carbons (Fsp3) is 0.650. The molecule has 158 valence electrons. The van der Waals surface area contributed by atoms with E-state index in [-0.39, 0.29) is 0 Å². The van der Waals surface area contributed by atoms with Crippen molar-refractivity contribution in [3.63, 3.8) is 0 Å². The van der Waals surface area contributed by atoms with E-state index in [1.807, 2.05) is 12.1 Å². The molecule has 28 heavy (non-hydrogen) atoms. The van der Waals surface area contributed by atoms with Gasteiger partial charge in [-0.25, -0.2) is 4.99 Å². The zero-order chi connectivity index (χ0) is 20.4. The van der Waals surface area contributed by atoms with Crippen LogP contribution in [0, 0.1) is 0 Å². The van der Waals surface area contributed by atoms with E-state index in [4.69, 9.17) is 23.9 Å². The molecule has 1 aromatic carbocycles. The molecule has 0 aromatic heterocycles. The smallest absolute Gasteiger partial charge is 0.191 e. The van der Waals surface area contributed by atoms with Crippen molar-refractivity contribution >= 4 is 5.96 Å². The van der Waals surface area contributed by atoms with E-state index < -0.39 is 0 Å². The highest BCUT2D eigenvalue weighted by Gasteiger charge is 2.17. The third kappa shape index (κ3) is 6.17. The molecule has 0 radical (unpaired) electrons. The maximum atomic E-state index is 5.49. The van der Waals surface area contributed by atoms with Gasteiger partial charge in [0.25, 0.3) is 0 Å². The number of hydrogen-bond acceptors (Lipinski definition) is 6. The lowest BCUT2D eigenvalue weighted by atomic mass is 10.1. The van der Waals surface area contributed by atoms with E-state index >= 15 is 0 Å². The molecule has 1 unspecified atom stereocenters. The highest BCUT2D eigenvalue weighted by molar-refractivity contribution is 5.79. The Kier molecular flexibility index (Phi) is 9.16. The fourth-order valence-corrected chi connectivity index (χ4v) is 3.11. The normalized spacial score (nSPS) is 16.4. The number of ether oxygens (including phenoxy) is 4. The van der Waals surface area contributed by atoms with Gasteiger partial charge < -0.3 is 29.6 Å². The van der Waals surface area contributed by atoms with E-state index in [1.165, 1.54) is 0 Å². The number of nitrogens with zero attached hydrogens (tertiary/aromatic N) is 2. The van der Waals surface area contributed by atoms with E-state index in [1.54, 1.807) is 21.3 Å². The van der Waals surface area contributed by atoms with Crippen LogP contribution < -0.4 is 24.8 Å². The summed E-state index contributed by atoms with van der Waals surface area (Å²) in [6.07, 6.45) is 0. The Morgan fingerprint density at radius 2 is 1.71 bits per heavy atom. The third-order valence-corrected chi connectivity index (χ3v) is 4.77. The van der Waals surface area contributed by atoms with Gasteiger partial charge in [0.15, 0.2) is 17.5 Å². The van der Waals surface area contributed by atoms with E-state index in [2.05, 4.69) is 29.4 Å². The van der Waals surface area contributed by atoms with Gasteiger partial charge in [0, 0.05) is 43.9 Å². The Morgan fingerprint density at radius 1 is 1.07 bits per heavy atom. The van der Waals surface area contributed by atoms with E-state index in [9.17, 15) is 0 Å². The van der Waals surface area contributed by atoms with Crippen molar-refractivity contribution in [3.8, 4) is 17.2 Å². The van der Waals surface area contributed by atoms with Crippen LogP contribution >= 0.6 is 0 Å². The number of hydrogen-bond donors (Lipinski definition) is 2. The van der Waals surface area contributed by atoms with Crippen LogP contribution in [-0.4, -0.2) is 77.6 Å². The van der Waals surface area contributed by atoms with Gasteiger partial charge in [0.1, 0.15) is 5.75 Å². The number of guanidine groups is 1. The van der Waals surface area contributed by atoms with Gasteiger partial charge in [-0.2, -0.15) is 0 Å². The minimum atomic E-state index is 0.406. The lowest BCUT2D eigenvalue weighted by molar-refractivity contribution is 0.0211. The molecule has 1 aliphatic heterocycles. The highest BCUT2D eigenvalue weighted by Crippen LogP contribution is 2.34. The van der Waals surface area contributed by atoms with Gasteiger partial charge in [-0.05, 0) is 19.9 Å². The predicted octanol–water partition coefficient (Wildman–Crippen LogP) is 1.49. The number of benzene rings is 1. The first-order chi connectivity index (χ1) is 13.6. The maximum Gasteiger partial charge on any atom is 0.191 e. The number of aliphatic imine (C=N–C) groups is 1. The second-order valence-electron chi connectivity index (χ2n) is 6.59. The second-order valence-corrected chi connectivity index (χ2v) is 6.59. The first kappa shape index (κ1) is 22.1. The average molecular weight is 395 g/mol. The number of rotatable bonds is 9. The molecule has 1 fully saturated rings. The lowest BCUT2D eigenvalue weighted by Gasteiger charge is -2.32. The Hall–Kier alpha value is -2.19. The molecule has 1 atom stereocenters. The zero-order valence-corrected chi connectivity index (χ0v) is 17.7. The van der Waals surface area contributed by atoms with Crippen LogP contribution in [0.2, 0.25) is 0 Å². The molecule has 2 N–H and O–H groups in total. The Bertz CT molecular complexity index is 633. The van der Waals surface area contributed by atoms with Gasteiger partial charge in [0.2, 0.25) is 0 Å². The summed E-state index contributed by atoms with van der Waals surface area (Å²) < 4.78 is 21.7. The molecular formula is C20H34N4O4. The second kappa shape index (κ2) is 11.6. The molecule has 0 aliphatic carbocycles. The minimum absolute atomic E-state index is 0.406. The Balaban J connectivity index is 2.04. The summed E-state index contributed by atoms with van der Waals surface area (Å²) in [4.78, 5) is 7.14. The minimum Gasteiger partial charge on any atom is -0.496 e. The molecule has 1 aromatic rings. The molecule has 0 amide bonds. The van der Waals surface area contributed by atoms with Gasteiger partial charge in [-0.3, -0.25) is 4.90 Å². The summed E-state index contributed by atoms with van der Waals surface area (Å²) in [6, 6.07) is 4.13. The monoisotopic (exact) mass is 394 g/mol. The fourth-order valence-electron chi connectivity index (χ4n) is 3.11. The molecule has 0 saturated carbocycles. The van der Waals surface area contributed by atoms with E-state index in [0.29, 0.717) is 24.1 Å². The predicted molar refractivity (Wildman–Crippen MR) is 111 cm³/mol. The average Bonchev–Trinajstić information content (AvgIpc) is 2.75. The maximum absolute atomic E-state index is 5.49. The number of nitrogens with one attached hydrogen (secondary N) is 2. The Morgan fingerprint density at radius 3 is 2.32 bits per heavy atom. The van der Waals surface area contributed by atoms with Crippen molar-refractivity contribution in [1.82, 2.24) is 15.5 Å². The van der Waals surface area contributed by atoms with Crippen molar-refractivity contribution in [2.24, 2.45) is 4.99 Å². The van der Waals surface area contributed by atoms with Gasteiger partial charge in [-0.1, -0.05) is 0 Å². The molecule has 0 bridgehead atoms. The Labute approximate surface area is 168 Å². The molecule has 1 aliphatic rings. The molecule has 2 rings (SSSR count). The van der Waals surface area contributed by atoms with Crippen LogP contribution in [0.25, 0.3) is 0 Å². The van der Waals surface area contributed by atoms with Crippen LogP contribution in [0.5, 0.6) is 17.2 Å². The van der Waals surface area contributed by atoms with Gasteiger partial charge >= 0.3 is 0 Å². The van der Waals surface area contributed by atoms with Crippen LogP contribution in [0.1, 0.15) is 19.4 Å². The van der Waals surface area contributed by atoms with Gasteiger partial charge in [0.05, 0.1) is 41.1 Å². The third-order valence-electron chi connectivity index (χ3n) is 4.77. The summed E-state index contributed by atoms with van der Waals surface area (Å²) in [5.74, 6) is 2.79. The highest BCUT2D eigenvalue weighted by atomic mass is 16.5. The summed E-state index contributed by atoms with van der Waals surface area (Å²) >= 11 is 0. The zero-order valence-electron chi connectivity index (χ0n) is 17.7. The van der Waals surface area contributed by atoms with Crippen molar-refractivity contribution in [3.05, 3.63) is 17.7 Å². The largest absolute Gasteiger partial charge is 0.496 e. The van der Waals surface area contributed by atoms with Crippen molar-refractivity contribution in [1.29, 1.82) is 0 Å². The first-order valence-corrected chi connectivity index (χ1v) is 9.75. The van der Waals surface area contributed by atoms with Crippen LogP contribution in [0.3, 0.4) is 0 Å². The number of methoxy groups -OCH3 is 3. The molecule has 8 nitrogen and oxygen atoms in total. The standard InChI is InChI=1S/C20H34N4O4/c1-6-21-20(22-13-15(2)24-7-9-28-10-8-24)23-14-16-11-18(26-4)19(27-5)12-17(16)25-3/h11-12,15H,6-10,13-14H2,1-5H3,(H2,21,22,23). The quantitative estimate of drug-likeness (QED) is 0.485. The van der Waals surface area contributed by atoms with Crippen LogP contribution in [0.4, 0.5) is 0 Å². The van der Waals surface area contributed by atoms with Crippen LogP contribution in [-0.2, 0) is 11.3 Å². The van der Waals surface area contributed by atoms with Crippen molar-refractivity contribution in [2.45, 2.75) is 26.4 Å². The molecule has 1 heterocycles.